The average Bonchev–Trinajstić information content (AvgIpc) is 2.75. The van der Waals surface area contributed by atoms with E-state index in [2.05, 4.69) is 10.3 Å². The Hall–Kier alpha value is -1.95. The van der Waals surface area contributed by atoms with E-state index in [1.165, 1.54) is 0 Å². The number of rotatable bonds is 4. The Labute approximate surface area is 115 Å². The fraction of sp³-hybridized carbons (Fsp3) is 0.308. The van der Waals surface area contributed by atoms with Crippen molar-refractivity contribution in [2.75, 3.05) is 5.32 Å². The van der Waals surface area contributed by atoms with E-state index >= 15 is 0 Å². The highest BCUT2D eigenvalue weighted by atomic mass is 32.1. The van der Waals surface area contributed by atoms with Crippen molar-refractivity contribution in [3.63, 3.8) is 0 Å². The molecule has 0 aliphatic heterocycles. The molecule has 0 saturated heterocycles. The summed E-state index contributed by atoms with van der Waals surface area (Å²) < 4.78 is 0. The van der Waals surface area contributed by atoms with E-state index in [9.17, 15) is 10.1 Å². The Morgan fingerprint density at radius 1 is 1.42 bits per heavy atom. The maximum Gasteiger partial charge on any atom is 0.295 e. The molecule has 0 amide bonds. The molecule has 0 aliphatic carbocycles. The number of para-hydroxylation sites is 1. The van der Waals surface area contributed by atoms with Crippen LogP contribution in [-0.2, 0) is 0 Å². The summed E-state index contributed by atoms with van der Waals surface area (Å²) in [5.41, 5.74) is 2.28. The first-order valence-electron chi connectivity index (χ1n) is 5.91. The number of benzene rings is 1. The molecule has 1 aromatic heterocycles. The van der Waals surface area contributed by atoms with E-state index in [0.29, 0.717) is 11.3 Å². The number of hydrogen-bond donors (Lipinski definition) is 1. The first-order chi connectivity index (χ1) is 8.99. The second-order valence-corrected chi connectivity index (χ2v) is 5.31. The molecule has 0 saturated carbocycles. The number of anilines is 1. The van der Waals surface area contributed by atoms with Crippen molar-refractivity contribution >= 4 is 22.7 Å². The predicted molar refractivity (Wildman–Crippen MR) is 76.7 cm³/mol. The second kappa shape index (κ2) is 5.36. The van der Waals surface area contributed by atoms with Crippen LogP contribution in [0.2, 0.25) is 0 Å². The summed E-state index contributed by atoms with van der Waals surface area (Å²) in [7, 11) is 0. The maximum absolute atomic E-state index is 11.1. The van der Waals surface area contributed by atoms with Gasteiger partial charge < -0.3 is 5.32 Å². The highest BCUT2D eigenvalue weighted by molar-refractivity contribution is 7.09. The zero-order chi connectivity index (χ0) is 14.0. The van der Waals surface area contributed by atoms with Crippen LogP contribution in [0.4, 0.5) is 11.4 Å². The molecule has 0 fully saturated rings. The lowest BCUT2D eigenvalue weighted by molar-refractivity contribution is -0.384. The van der Waals surface area contributed by atoms with Crippen LogP contribution < -0.4 is 5.32 Å². The van der Waals surface area contributed by atoms with Crippen LogP contribution in [0.15, 0.2) is 23.6 Å². The number of nitrogens with one attached hydrogen (secondary N) is 1. The van der Waals surface area contributed by atoms with Crippen molar-refractivity contribution in [1.29, 1.82) is 0 Å². The smallest absolute Gasteiger partial charge is 0.295 e. The van der Waals surface area contributed by atoms with E-state index in [1.54, 1.807) is 30.4 Å². The fourth-order valence-corrected chi connectivity index (χ4v) is 2.69. The van der Waals surface area contributed by atoms with Crippen LogP contribution in [0, 0.1) is 24.0 Å². The largest absolute Gasteiger partial charge is 0.371 e. The molecule has 1 N–H and O–H groups in total. The van der Waals surface area contributed by atoms with Gasteiger partial charge in [0.25, 0.3) is 5.69 Å². The van der Waals surface area contributed by atoms with E-state index in [-0.39, 0.29) is 16.7 Å². The third-order valence-corrected chi connectivity index (χ3v) is 3.94. The van der Waals surface area contributed by atoms with Gasteiger partial charge in [-0.05, 0) is 26.8 Å². The molecule has 2 aromatic rings. The third-order valence-electron chi connectivity index (χ3n) is 2.80. The quantitative estimate of drug-likeness (QED) is 0.681. The lowest BCUT2D eigenvalue weighted by Crippen LogP contribution is -2.08. The van der Waals surface area contributed by atoms with Crippen LogP contribution in [0.3, 0.4) is 0 Å². The molecule has 1 heterocycles. The van der Waals surface area contributed by atoms with Crippen molar-refractivity contribution in [2.24, 2.45) is 0 Å². The molecule has 0 aliphatic rings. The first kappa shape index (κ1) is 13.5. The predicted octanol–water partition coefficient (Wildman–Crippen LogP) is 3.84. The second-order valence-electron chi connectivity index (χ2n) is 4.42. The van der Waals surface area contributed by atoms with Crippen molar-refractivity contribution in [2.45, 2.75) is 26.8 Å². The number of nitrogens with zero attached hydrogens (tertiary/aromatic N) is 2. The molecule has 5 nitrogen and oxygen atoms in total. The van der Waals surface area contributed by atoms with E-state index in [4.69, 9.17) is 0 Å². The summed E-state index contributed by atoms with van der Waals surface area (Å²) in [5.74, 6) is 0. The monoisotopic (exact) mass is 277 g/mol. The molecule has 100 valence electrons. The van der Waals surface area contributed by atoms with Crippen molar-refractivity contribution in [3.8, 4) is 0 Å². The highest BCUT2D eigenvalue weighted by Gasteiger charge is 2.19. The molecular weight excluding hydrogens is 262 g/mol. The van der Waals surface area contributed by atoms with E-state index in [1.807, 2.05) is 25.3 Å². The van der Waals surface area contributed by atoms with Crippen LogP contribution >= 0.6 is 11.3 Å². The summed E-state index contributed by atoms with van der Waals surface area (Å²) in [5, 5.41) is 17.2. The van der Waals surface area contributed by atoms with Gasteiger partial charge in [0, 0.05) is 16.6 Å². The summed E-state index contributed by atoms with van der Waals surface area (Å²) in [6.07, 6.45) is 0. The Morgan fingerprint density at radius 3 is 2.74 bits per heavy atom. The van der Waals surface area contributed by atoms with E-state index in [0.717, 1.165) is 10.7 Å². The number of aryl methyl sites for hydroxylation is 2. The third kappa shape index (κ3) is 2.90. The van der Waals surface area contributed by atoms with Crippen molar-refractivity contribution in [1.82, 2.24) is 4.98 Å². The van der Waals surface area contributed by atoms with Crippen LogP contribution in [0.5, 0.6) is 0 Å². The minimum atomic E-state index is -0.350. The maximum atomic E-state index is 11.1. The number of aromatic nitrogens is 1. The van der Waals surface area contributed by atoms with Gasteiger partial charge in [0.05, 0.1) is 11.0 Å². The molecule has 0 radical (unpaired) electrons. The van der Waals surface area contributed by atoms with Gasteiger partial charge in [-0.15, -0.1) is 11.3 Å². The Bertz CT molecular complexity index is 610. The molecule has 19 heavy (non-hydrogen) atoms. The van der Waals surface area contributed by atoms with Gasteiger partial charge in [-0.3, -0.25) is 10.1 Å². The summed E-state index contributed by atoms with van der Waals surface area (Å²) in [4.78, 5) is 15.2. The summed E-state index contributed by atoms with van der Waals surface area (Å²) in [6.45, 7) is 5.62. The van der Waals surface area contributed by atoms with Crippen LogP contribution in [-0.4, -0.2) is 9.91 Å². The topological polar surface area (TPSA) is 68.1 Å². The summed E-state index contributed by atoms with van der Waals surface area (Å²) in [6, 6.07) is 5.22. The normalized spacial score (nSPS) is 12.2. The minimum absolute atomic E-state index is 0.0563. The van der Waals surface area contributed by atoms with Gasteiger partial charge in [0.1, 0.15) is 10.7 Å². The lowest BCUT2D eigenvalue weighted by atomic mass is 10.1. The number of hydrogen-bond acceptors (Lipinski definition) is 5. The molecule has 0 bridgehead atoms. The molecule has 0 spiro atoms. The standard InChI is InChI=1S/C13H15N3O2S/c1-8-5-4-6-11(12(8)16(17)18)15-10(3)13-14-9(2)7-19-13/h4-7,10,15H,1-3H3. The molecule has 1 unspecified atom stereocenters. The van der Waals surface area contributed by atoms with E-state index < -0.39 is 0 Å². The average molecular weight is 277 g/mol. The fourth-order valence-electron chi connectivity index (χ4n) is 1.88. The van der Waals surface area contributed by atoms with Gasteiger partial charge >= 0.3 is 0 Å². The number of nitro groups is 1. The Kier molecular flexibility index (Phi) is 3.80. The van der Waals surface area contributed by atoms with Crippen LogP contribution in [0.25, 0.3) is 0 Å². The van der Waals surface area contributed by atoms with Gasteiger partial charge in [-0.1, -0.05) is 12.1 Å². The van der Waals surface area contributed by atoms with Crippen molar-refractivity contribution < 1.29 is 4.92 Å². The van der Waals surface area contributed by atoms with Gasteiger partial charge in [0.15, 0.2) is 0 Å². The minimum Gasteiger partial charge on any atom is -0.371 e. The number of thiazole rings is 1. The Balaban J connectivity index is 2.28. The van der Waals surface area contributed by atoms with Crippen LogP contribution in [0.1, 0.15) is 29.2 Å². The molecule has 1 atom stereocenters. The van der Waals surface area contributed by atoms with Gasteiger partial charge in [-0.25, -0.2) is 4.98 Å². The van der Waals surface area contributed by atoms with Gasteiger partial charge in [0.2, 0.25) is 0 Å². The molecule has 6 heteroatoms. The summed E-state index contributed by atoms with van der Waals surface area (Å²) >= 11 is 1.55. The molecule has 2 rings (SSSR count). The lowest BCUT2D eigenvalue weighted by Gasteiger charge is -2.13. The van der Waals surface area contributed by atoms with Crippen molar-refractivity contribution in [3.05, 3.63) is 50.0 Å². The SMILES string of the molecule is Cc1csc(C(C)Nc2cccc(C)c2[N+](=O)[O-])n1. The highest BCUT2D eigenvalue weighted by Crippen LogP contribution is 2.31. The zero-order valence-corrected chi connectivity index (χ0v) is 11.8. The molecule has 1 aromatic carbocycles. The number of nitro benzene ring substituents is 1. The zero-order valence-electron chi connectivity index (χ0n) is 11.0. The first-order valence-corrected chi connectivity index (χ1v) is 6.79. The molecular formula is C13H15N3O2S. The Morgan fingerprint density at radius 2 is 2.16 bits per heavy atom. The van der Waals surface area contributed by atoms with Gasteiger partial charge in [-0.2, -0.15) is 0 Å².